The van der Waals surface area contributed by atoms with Crippen molar-refractivity contribution in [2.45, 2.75) is 26.0 Å². The summed E-state index contributed by atoms with van der Waals surface area (Å²) < 4.78 is 27.0. The maximum atomic E-state index is 13.0. The number of imidazole rings is 1. The number of aromatic nitrogens is 2. The molecule has 0 aliphatic rings. The van der Waals surface area contributed by atoms with E-state index in [1.807, 2.05) is 36.4 Å². The Morgan fingerprint density at radius 2 is 1.86 bits per heavy atom. The van der Waals surface area contributed by atoms with E-state index in [0.29, 0.717) is 22.2 Å². The molecule has 7 nitrogen and oxygen atoms in total. The van der Waals surface area contributed by atoms with Crippen molar-refractivity contribution < 1.29 is 13.2 Å². The van der Waals surface area contributed by atoms with Crippen LogP contribution in [0.5, 0.6) is 0 Å². The average molecular weight is 408 g/mol. The van der Waals surface area contributed by atoms with Crippen molar-refractivity contribution >= 4 is 38.5 Å². The second-order valence-corrected chi connectivity index (χ2v) is 9.07. The van der Waals surface area contributed by atoms with Crippen LogP contribution in [0.15, 0.2) is 54.6 Å². The minimum atomic E-state index is -3.80. The molecule has 8 heteroatoms. The van der Waals surface area contributed by atoms with Crippen LogP contribution in [-0.2, 0) is 14.8 Å². The molecule has 0 bridgehead atoms. The van der Waals surface area contributed by atoms with Gasteiger partial charge in [0, 0.05) is 13.0 Å². The molecule has 148 valence electrons. The molecule has 3 rings (SSSR count). The van der Waals surface area contributed by atoms with Gasteiger partial charge in [0.1, 0.15) is 0 Å². The number of anilines is 1. The van der Waals surface area contributed by atoms with Crippen LogP contribution in [0.2, 0.25) is 0 Å². The Morgan fingerprint density at radius 1 is 1.17 bits per heavy atom. The third kappa shape index (κ3) is 3.91. The first kappa shape index (κ1) is 20.3. The van der Waals surface area contributed by atoms with Crippen molar-refractivity contribution in [1.29, 1.82) is 5.26 Å². The number of rotatable bonds is 5. The van der Waals surface area contributed by atoms with Gasteiger partial charge in [-0.25, -0.2) is 17.4 Å². The molecule has 0 aliphatic heterocycles. The Labute approximate surface area is 169 Å². The number of allylic oxidation sites excluding steroid dienone is 1. The number of hydrogen-bond donors (Lipinski definition) is 1. The summed E-state index contributed by atoms with van der Waals surface area (Å²) in [7, 11) is -3.80. The highest BCUT2D eigenvalue weighted by atomic mass is 32.2. The SMILES string of the molecule is CC(=O)Nc1nc2ccc(C(=CC#N)c3ccccc3)cc2n1S(=O)(=O)C(C)C. The molecule has 0 radical (unpaired) electrons. The van der Waals surface area contributed by atoms with Gasteiger partial charge in [-0.15, -0.1) is 0 Å². The van der Waals surface area contributed by atoms with Gasteiger partial charge in [-0.3, -0.25) is 10.1 Å². The normalized spacial score (nSPS) is 12.2. The fourth-order valence-corrected chi connectivity index (χ4v) is 4.11. The summed E-state index contributed by atoms with van der Waals surface area (Å²) in [4.78, 5) is 15.9. The maximum absolute atomic E-state index is 13.0. The minimum Gasteiger partial charge on any atom is -0.295 e. The van der Waals surface area contributed by atoms with Crippen LogP contribution < -0.4 is 5.32 Å². The lowest BCUT2D eigenvalue weighted by molar-refractivity contribution is -0.114. The fourth-order valence-electron chi connectivity index (χ4n) is 2.94. The summed E-state index contributed by atoms with van der Waals surface area (Å²) in [6, 6.07) is 16.5. The van der Waals surface area contributed by atoms with Crippen LogP contribution in [0.3, 0.4) is 0 Å². The number of amides is 1. The molecule has 0 fully saturated rings. The van der Waals surface area contributed by atoms with Crippen molar-refractivity contribution in [3.05, 3.63) is 65.7 Å². The number of nitrogens with zero attached hydrogens (tertiary/aromatic N) is 3. The number of nitriles is 1. The Kier molecular flexibility index (Phi) is 5.52. The largest absolute Gasteiger partial charge is 0.295 e. The van der Waals surface area contributed by atoms with Crippen molar-refractivity contribution in [2.24, 2.45) is 0 Å². The Hall–Kier alpha value is -3.44. The zero-order valence-corrected chi connectivity index (χ0v) is 17.1. The van der Waals surface area contributed by atoms with E-state index < -0.39 is 21.2 Å². The van der Waals surface area contributed by atoms with Crippen molar-refractivity contribution in [3.8, 4) is 6.07 Å². The molecule has 1 N–H and O–H groups in total. The highest BCUT2D eigenvalue weighted by Crippen LogP contribution is 2.30. The Bertz CT molecular complexity index is 1250. The van der Waals surface area contributed by atoms with E-state index in [1.54, 1.807) is 32.0 Å². The third-order valence-corrected chi connectivity index (χ3v) is 6.43. The lowest BCUT2D eigenvalue weighted by atomic mass is 9.97. The zero-order chi connectivity index (χ0) is 21.2. The van der Waals surface area contributed by atoms with Gasteiger partial charge in [0.2, 0.25) is 21.9 Å². The van der Waals surface area contributed by atoms with Gasteiger partial charge in [-0.2, -0.15) is 5.26 Å². The highest BCUT2D eigenvalue weighted by Gasteiger charge is 2.26. The van der Waals surface area contributed by atoms with Crippen LogP contribution in [0.4, 0.5) is 5.95 Å². The molecule has 0 atom stereocenters. The summed E-state index contributed by atoms with van der Waals surface area (Å²) >= 11 is 0. The molecule has 0 saturated carbocycles. The number of nitrogens with one attached hydrogen (secondary N) is 1. The topological polar surface area (TPSA) is 105 Å². The first-order chi connectivity index (χ1) is 13.8. The van der Waals surface area contributed by atoms with Gasteiger partial charge in [0.15, 0.2) is 0 Å². The van der Waals surface area contributed by atoms with Gasteiger partial charge in [0.25, 0.3) is 0 Å². The standard InChI is InChI=1S/C21H20N4O3S/c1-14(2)29(27,28)25-20-13-17(9-10-19(20)24-21(25)23-15(3)26)18(11-12-22)16-7-5-4-6-8-16/h4-11,13-14H,1-3H3,(H,23,24,26). The predicted octanol–water partition coefficient (Wildman–Crippen LogP) is 3.54. The van der Waals surface area contributed by atoms with Gasteiger partial charge in [0.05, 0.1) is 22.4 Å². The van der Waals surface area contributed by atoms with Gasteiger partial charge >= 0.3 is 0 Å². The second kappa shape index (κ2) is 7.89. The summed E-state index contributed by atoms with van der Waals surface area (Å²) in [6.07, 6.45) is 1.42. The van der Waals surface area contributed by atoms with E-state index in [9.17, 15) is 18.5 Å². The first-order valence-corrected chi connectivity index (χ1v) is 10.5. The van der Waals surface area contributed by atoms with Crippen LogP contribution in [0, 0.1) is 11.3 Å². The molecular formula is C21H20N4O3S. The van der Waals surface area contributed by atoms with Crippen molar-refractivity contribution in [1.82, 2.24) is 8.96 Å². The van der Waals surface area contributed by atoms with E-state index in [4.69, 9.17) is 0 Å². The summed E-state index contributed by atoms with van der Waals surface area (Å²) in [5, 5.41) is 11.0. The monoisotopic (exact) mass is 408 g/mol. The molecule has 2 aromatic carbocycles. The van der Waals surface area contributed by atoms with E-state index >= 15 is 0 Å². The highest BCUT2D eigenvalue weighted by molar-refractivity contribution is 7.90. The molecular weight excluding hydrogens is 388 g/mol. The summed E-state index contributed by atoms with van der Waals surface area (Å²) in [5.41, 5.74) is 2.91. The molecule has 1 aromatic heterocycles. The van der Waals surface area contributed by atoms with Crippen LogP contribution in [0.1, 0.15) is 31.9 Å². The molecule has 1 heterocycles. The number of hydrogen-bond acceptors (Lipinski definition) is 5. The number of carbonyl (C=O) groups excluding carboxylic acids is 1. The van der Waals surface area contributed by atoms with Gasteiger partial charge < -0.3 is 0 Å². The number of fused-ring (bicyclic) bond motifs is 1. The lowest BCUT2D eigenvalue weighted by Gasteiger charge is -2.13. The molecule has 3 aromatic rings. The quantitative estimate of drug-likeness (QED) is 0.650. The number of benzene rings is 2. The van der Waals surface area contributed by atoms with Gasteiger partial charge in [-0.05, 0) is 42.7 Å². The zero-order valence-electron chi connectivity index (χ0n) is 16.2. The molecule has 0 saturated heterocycles. The Balaban J connectivity index is 2.30. The second-order valence-electron chi connectivity index (χ2n) is 6.73. The lowest BCUT2D eigenvalue weighted by Crippen LogP contribution is -2.25. The van der Waals surface area contributed by atoms with Crippen molar-refractivity contribution in [2.75, 3.05) is 5.32 Å². The average Bonchev–Trinajstić information content (AvgIpc) is 3.03. The maximum Gasteiger partial charge on any atom is 0.244 e. The van der Waals surface area contributed by atoms with E-state index in [2.05, 4.69) is 10.3 Å². The minimum absolute atomic E-state index is 0.0520. The Morgan fingerprint density at radius 3 is 2.45 bits per heavy atom. The smallest absolute Gasteiger partial charge is 0.244 e. The molecule has 0 spiro atoms. The van der Waals surface area contributed by atoms with E-state index in [-0.39, 0.29) is 5.95 Å². The summed E-state index contributed by atoms with van der Waals surface area (Å²) in [5.74, 6) is -0.473. The van der Waals surface area contributed by atoms with Gasteiger partial charge in [-0.1, -0.05) is 36.4 Å². The van der Waals surface area contributed by atoms with Crippen LogP contribution >= 0.6 is 0 Å². The summed E-state index contributed by atoms with van der Waals surface area (Å²) in [6.45, 7) is 4.42. The molecule has 29 heavy (non-hydrogen) atoms. The third-order valence-electron chi connectivity index (χ3n) is 4.36. The predicted molar refractivity (Wildman–Crippen MR) is 113 cm³/mol. The van der Waals surface area contributed by atoms with E-state index in [0.717, 1.165) is 9.54 Å². The van der Waals surface area contributed by atoms with Crippen molar-refractivity contribution in [3.63, 3.8) is 0 Å². The molecule has 0 aliphatic carbocycles. The number of carbonyl (C=O) groups is 1. The van der Waals surface area contributed by atoms with Crippen LogP contribution in [-0.4, -0.2) is 28.5 Å². The molecule has 1 amide bonds. The first-order valence-electron chi connectivity index (χ1n) is 8.95. The molecule has 0 unspecified atom stereocenters. The van der Waals surface area contributed by atoms with Crippen LogP contribution in [0.25, 0.3) is 16.6 Å². The van der Waals surface area contributed by atoms with E-state index in [1.165, 1.54) is 13.0 Å². The fraction of sp³-hybridized carbons (Fsp3) is 0.190.